The molecule has 1 aliphatic heterocycles. The average molecular weight is 244 g/mol. The predicted molar refractivity (Wildman–Crippen MR) is 65.5 cm³/mol. The van der Waals surface area contributed by atoms with E-state index in [1.165, 1.54) is 6.92 Å². The third-order valence-corrected chi connectivity index (χ3v) is 3.39. The Labute approximate surface area is 103 Å². The van der Waals surface area contributed by atoms with Gasteiger partial charge in [0, 0.05) is 6.54 Å². The van der Waals surface area contributed by atoms with Gasteiger partial charge in [-0.3, -0.25) is 4.79 Å². The Bertz CT molecular complexity index is 256. The second-order valence-corrected chi connectivity index (χ2v) is 5.18. The summed E-state index contributed by atoms with van der Waals surface area (Å²) in [5.74, 6) is 0.516. The highest BCUT2D eigenvalue weighted by Crippen LogP contribution is 2.19. The van der Waals surface area contributed by atoms with Crippen molar-refractivity contribution in [3.05, 3.63) is 0 Å². The highest BCUT2D eigenvalue weighted by Gasteiger charge is 2.27. The number of rotatable bonds is 5. The molecular formula is C12H24N2O3. The van der Waals surface area contributed by atoms with Gasteiger partial charge < -0.3 is 20.8 Å². The lowest BCUT2D eigenvalue weighted by Gasteiger charge is -2.30. The number of amides is 1. The van der Waals surface area contributed by atoms with E-state index >= 15 is 0 Å². The van der Waals surface area contributed by atoms with Crippen LogP contribution < -0.4 is 10.6 Å². The van der Waals surface area contributed by atoms with Gasteiger partial charge in [0.2, 0.25) is 5.91 Å². The van der Waals surface area contributed by atoms with Crippen molar-refractivity contribution in [3.8, 4) is 0 Å². The van der Waals surface area contributed by atoms with Crippen molar-refractivity contribution in [2.45, 2.75) is 44.8 Å². The number of carbonyl (C=O) groups is 1. The van der Waals surface area contributed by atoms with Crippen LogP contribution >= 0.6 is 0 Å². The fourth-order valence-electron chi connectivity index (χ4n) is 2.02. The number of piperidine rings is 1. The van der Waals surface area contributed by atoms with Crippen LogP contribution in [0.4, 0.5) is 0 Å². The van der Waals surface area contributed by atoms with Gasteiger partial charge in [-0.05, 0) is 32.2 Å². The summed E-state index contributed by atoms with van der Waals surface area (Å²) in [5.41, 5.74) is -1.24. The quantitative estimate of drug-likeness (QED) is 0.531. The molecule has 17 heavy (non-hydrogen) atoms. The minimum Gasteiger partial charge on any atom is -0.393 e. The van der Waals surface area contributed by atoms with Crippen LogP contribution in [0, 0.1) is 5.92 Å². The molecule has 0 spiro atoms. The van der Waals surface area contributed by atoms with Crippen molar-refractivity contribution in [2.75, 3.05) is 19.7 Å². The van der Waals surface area contributed by atoms with E-state index in [1.54, 1.807) is 0 Å². The second-order valence-electron chi connectivity index (χ2n) is 5.18. The van der Waals surface area contributed by atoms with E-state index in [9.17, 15) is 9.90 Å². The first-order valence-corrected chi connectivity index (χ1v) is 6.33. The molecule has 0 aromatic carbocycles. The largest absolute Gasteiger partial charge is 0.393 e. The van der Waals surface area contributed by atoms with Gasteiger partial charge in [0.15, 0.2) is 0 Å². The molecule has 4 N–H and O–H groups in total. The van der Waals surface area contributed by atoms with Crippen LogP contribution in [0.1, 0.15) is 33.1 Å². The van der Waals surface area contributed by atoms with Gasteiger partial charge in [0.05, 0.1) is 12.6 Å². The first-order chi connectivity index (χ1) is 7.98. The highest BCUT2D eigenvalue weighted by atomic mass is 16.3. The molecule has 1 heterocycles. The lowest BCUT2D eigenvalue weighted by molar-refractivity contribution is -0.125. The van der Waals surface area contributed by atoms with Crippen molar-refractivity contribution in [1.29, 1.82) is 0 Å². The first kappa shape index (κ1) is 14.4. The fraction of sp³-hybridized carbons (Fsp3) is 0.917. The molecule has 1 fully saturated rings. The summed E-state index contributed by atoms with van der Waals surface area (Å²) in [5, 5.41) is 24.3. The van der Waals surface area contributed by atoms with Crippen molar-refractivity contribution < 1.29 is 15.0 Å². The third-order valence-electron chi connectivity index (χ3n) is 3.39. The van der Waals surface area contributed by atoms with Crippen LogP contribution in [-0.2, 0) is 4.79 Å². The normalized spacial score (nSPS) is 28.5. The number of nitrogens with one attached hydrogen (secondary N) is 2. The van der Waals surface area contributed by atoms with Crippen molar-refractivity contribution in [1.82, 2.24) is 10.6 Å². The molecule has 1 rings (SSSR count). The van der Waals surface area contributed by atoms with E-state index in [-0.39, 0.29) is 25.1 Å². The SMILES string of the molecule is CCC1CCNC(C(=O)NCC(C)(O)CO)C1. The molecule has 5 heteroatoms. The summed E-state index contributed by atoms with van der Waals surface area (Å²) >= 11 is 0. The van der Waals surface area contributed by atoms with E-state index in [2.05, 4.69) is 17.6 Å². The third kappa shape index (κ3) is 4.61. The maximum atomic E-state index is 11.9. The lowest BCUT2D eigenvalue weighted by atomic mass is 9.90. The second kappa shape index (κ2) is 6.33. The van der Waals surface area contributed by atoms with Gasteiger partial charge in [0.1, 0.15) is 5.60 Å². The molecule has 100 valence electrons. The monoisotopic (exact) mass is 244 g/mol. The van der Waals surface area contributed by atoms with Gasteiger partial charge >= 0.3 is 0 Å². The van der Waals surface area contributed by atoms with Crippen LogP contribution in [0.25, 0.3) is 0 Å². The maximum Gasteiger partial charge on any atom is 0.237 e. The molecule has 0 aromatic rings. The molecular weight excluding hydrogens is 220 g/mol. The molecule has 0 aliphatic carbocycles. The van der Waals surface area contributed by atoms with Gasteiger partial charge in [-0.25, -0.2) is 0 Å². The van der Waals surface area contributed by atoms with E-state index in [0.717, 1.165) is 25.8 Å². The molecule has 0 aromatic heterocycles. The Morgan fingerprint density at radius 1 is 1.59 bits per heavy atom. The molecule has 3 atom stereocenters. The summed E-state index contributed by atoms with van der Waals surface area (Å²) < 4.78 is 0. The Morgan fingerprint density at radius 2 is 2.29 bits per heavy atom. The number of aliphatic hydroxyl groups excluding tert-OH is 1. The van der Waals surface area contributed by atoms with Crippen LogP contribution in [0.5, 0.6) is 0 Å². The average Bonchev–Trinajstić information content (AvgIpc) is 2.36. The first-order valence-electron chi connectivity index (χ1n) is 6.33. The Kier molecular flexibility index (Phi) is 5.36. The van der Waals surface area contributed by atoms with E-state index < -0.39 is 5.60 Å². The van der Waals surface area contributed by atoms with E-state index in [0.29, 0.717) is 5.92 Å². The standard InChI is InChI=1S/C12H24N2O3/c1-3-9-4-5-13-10(6-9)11(16)14-7-12(2,17)8-15/h9-10,13,15,17H,3-8H2,1-2H3,(H,14,16). The molecule has 0 bridgehead atoms. The maximum absolute atomic E-state index is 11.9. The highest BCUT2D eigenvalue weighted by molar-refractivity contribution is 5.81. The van der Waals surface area contributed by atoms with E-state index in [1.807, 2.05) is 0 Å². The van der Waals surface area contributed by atoms with Crippen LogP contribution in [0.3, 0.4) is 0 Å². The smallest absolute Gasteiger partial charge is 0.237 e. The van der Waals surface area contributed by atoms with Gasteiger partial charge in [-0.2, -0.15) is 0 Å². The zero-order chi connectivity index (χ0) is 12.9. The molecule has 3 unspecified atom stereocenters. The Balaban J connectivity index is 2.37. The van der Waals surface area contributed by atoms with Crippen LogP contribution in [0.15, 0.2) is 0 Å². The van der Waals surface area contributed by atoms with Gasteiger partial charge in [-0.1, -0.05) is 13.3 Å². The Morgan fingerprint density at radius 3 is 2.88 bits per heavy atom. The van der Waals surface area contributed by atoms with Crippen molar-refractivity contribution >= 4 is 5.91 Å². The van der Waals surface area contributed by atoms with Crippen molar-refractivity contribution in [3.63, 3.8) is 0 Å². The number of carbonyl (C=O) groups excluding carboxylic acids is 1. The Hall–Kier alpha value is -0.650. The van der Waals surface area contributed by atoms with Crippen LogP contribution in [-0.4, -0.2) is 47.5 Å². The molecule has 0 radical (unpaired) electrons. The fourth-order valence-corrected chi connectivity index (χ4v) is 2.02. The summed E-state index contributed by atoms with van der Waals surface area (Å²) in [6.07, 6.45) is 3.07. The molecule has 1 aliphatic rings. The zero-order valence-corrected chi connectivity index (χ0v) is 10.7. The molecule has 1 amide bonds. The van der Waals surface area contributed by atoms with Crippen molar-refractivity contribution in [2.24, 2.45) is 5.92 Å². The number of aliphatic hydroxyl groups is 2. The summed E-state index contributed by atoms with van der Waals surface area (Å²) in [4.78, 5) is 11.9. The summed E-state index contributed by atoms with van der Waals surface area (Å²) in [7, 11) is 0. The summed E-state index contributed by atoms with van der Waals surface area (Å²) in [6.45, 7) is 4.23. The molecule has 0 saturated carbocycles. The molecule has 5 nitrogen and oxygen atoms in total. The minimum absolute atomic E-state index is 0.0807. The minimum atomic E-state index is -1.24. The van der Waals surface area contributed by atoms with Gasteiger partial charge in [0.25, 0.3) is 0 Å². The summed E-state index contributed by atoms with van der Waals surface area (Å²) in [6, 6.07) is -0.164. The van der Waals surface area contributed by atoms with Crippen LogP contribution in [0.2, 0.25) is 0 Å². The topological polar surface area (TPSA) is 81.6 Å². The predicted octanol–water partition coefficient (Wildman–Crippen LogP) is -0.376. The zero-order valence-electron chi connectivity index (χ0n) is 10.7. The number of hydrogen-bond acceptors (Lipinski definition) is 4. The van der Waals surface area contributed by atoms with Gasteiger partial charge in [-0.15, -0.1) is 0 Å². The molecule has 1 saturated heterocycles. The lowest BCUT2D eigenvalue weighted by Crippen LogP contribution is -2.52. The van der Waals surface area contributed by atoms with E-state index in [4.69, 9.17) is 5.11 Å². The number of hydrogen-bond donors (Lipinski definition) is 4.